The van der Waals surface area contributed by atoms with Crippen molar-refractivity contribution in [2.24, 2.45) is 0 Å². The summed E-state index contributed by atoms with van der Waals surface area (Å²) >= 11 is 0. The molecule has 0 radical (unpaired) electrons. The fraction of sp³-hybridized carbons (Fsp3) is 0.500. The number of ether oxygens (including phenoxy) is 5. The van der Waals surface area contributed by atoms with Gasteiger partial charge in [0, 0.05) is 12.3 Å². The van der Waals surface area contributed by atoms with E-state index in [2.05, 4.69) is 10.3 Å². The van der Waals surface area contributed by atoms with Crippen LogP contribution in [0.1, 0.15) is 43.1 Å². The molecule has 4 rings (SSSR count). The van der Waals surface area contributed by atoms with Gasteiger partial charge in [-0.3, -0.25) is 4.79 Å². The van der Waals surface area contributed by atoms with E-state index in [0.717, 1.165) is 25.7 Å². The molecule has 10 heteroatoms. The van der Waals surface area contributed by atoms with Crippen LogP contribution in [0.25, 0.3) is 0 Å². The van der Waals surface area contributed by atoms with Crippen molar-refractivity contribution in [2.75, 3.05) is 20.3 Å². The van der Waals surface area contributed by atoms with Gasteiger partial charge in [-0.1, -0.05) is 31.0 Å². The van der Waals surface area contributed by atoms with Crippen LogP contribution in [-0.4, -0.2) is 72.7 Å². The molecule has 1 aliphatic carbocycles. The second kappa shape index (κ2) is 12.0. The quantitative estimate of drug-likeness (QED) is 0.552. The number of cyclic esters (lactones) is 1. The third-order valence-corrected chi connectivity index (χ3v) is 6.29. The summed E-state index contributed by atoms with van der Waals surface area (Å²) in [7, 11) is 1.36. The van der Waals surface area contributed by atoms with E-state index in [1.54, 1.807) is 6.92 Å². The second-order valence-corrected chi connectivity index (χ2v) is 8.89. The van der Waals surface area contributed by atoms with Crippen LogP contribution in [0.15, 0.2) is 42.6 Å². The summed E-state index contributed by atoms with van der Waals surface area (Å²) in [6.45, 7) is 1.73. The number of benzene rings is 1. The zero-order valence-electron chi connectivity index (χ0n) is 20.4. The van der Waals surface area contributed by atoms with Crippen LogP contribution < -0.4 is 14.8 Å². The molecule has 36 heavy (non-hydrogen) atoms. The molecule has 2 heterocycles. The van der Waals surface area contributed by atoms with E-state index in [0.29, 0.717) is 5.75 Å². The van der Waals surface area contributed by atoms with Gasteiger partial charge in [-0.15, -0.1) is 0 Å². The van der Waals surface area contributed by atoms with Crippen molar-refractivity contribution >= 4 is 11.9 Å². The Morgan fingerprint density at radius 1 is 1.14 bits per heavy atom. The smallest absolute Gasteiger partial charge is 0.331 e. The summed E-state index contributed by atoms with van der Waals surface area (Å²) in [6.07, 6.45) is 3.71. The van der Waals surface area contributed by atoms with E-state index in [1.165, 1.54) is 19.4 Å². The lowest BCUT2D eigenvalue weighted by Crippen LogP contribution is -2.48. The maximum Gasteiger partial charge on any atom is 0.331 e. The number of hydrogen-bond donors (Lipinski definition) is 2. The number of esters is 1. The molecule has 2 N–H and O–H groups in total. The first kappa shape index (κ1) is 25.7. The Bertz CT molecular complexity index is 1030. The molecule has 1 aromatic heterocycles. The normalized spacial score (nSPS) is 25.2. The van der Waals surface area contributed by atoms with Crippen LogP contribution in [0.4, 0.5) is 0 Å². The van der Waals surface area contributed by atoms with E-state index in [-0.39, 0.29) is 30.8 Å². The third kappa shape index (κ3) is 6.24. The zero-order chi connectivity index (χ0) is 25.5. The fourth-order valence-electron chi connectivity index (χ4n) is 4.41. The molecule has 4 atom stereocenters. The van der Waals surface area contributed by atoms with Gasteiger partial charge in [-0.25, -0.2) is 9.78 Å². The van der Waals surface area contributed by atoms with Gasteiger partial charge < -0.3 is 34.1 Å². The van der Waals surface area contributed by atoms with Crippen molar-refractivity contribution in [3.05, 3.63) is 48.3 Å². The van der Waals surface area contributed by atoms with Gasteiger partial charge in [-0.2, -0.15) is 0 Å². The van der Waals surface area contributed by atoms with Crippen LogP contribution in [0.5, 0.6) is 17.2 Å². The average Bonchev–Trinajstić information content (AvgIpc) is 3.40. The molecule has 2 aliphatic rings. The lowest BCUT2D eigenvalue weighted by molar-refractivity contribution is -0.161. The first-order valence-corrected chi connectivity index (χ1v) is 12.1. The topological polar surface area (TPSA) is 125 Å². The summed E-state index contributed by atoms with van der Waals surface area (Å²) in [5.74, 6) is -1.18. The van der Waals surface area contributed by atoms with E-state index in [4.69, 9.17) is 23.7 Å². The highest BCUT2D eigenvalue weighted by atomic mass is 16.6. The van der Waals surface area contributed by atoms with Crippen molar-refractivity contribution in [3.63, 3.8) is 0 Å². The summed E-state index contributed by atoms with van der Waals surface area (Å²) < 4.78 is 29.2. The SMILES string of the molecule is COc1ccnc(C(=O)N[C@H]2COC[C@H](OC3CCCC3)[C@@H](Oc3ccccc3)[C@H](C)OC2=O)c1O. The molecule has 1 saturated heterocycles. The number of nitrogens with zero attached hydrogens (tertiary/aromatic N) is 1. The third-order valence-electron chi connectivity index (χ3n) is 6.29. The lowest BCUT2D eigenvalue weighted by atomic mass is 10.1. The number of carbonyl (C=O) groups is 2. The number of hydrogen-bond acceptors (Lipinski definition) is 9. The lowest BCUT2D eigenvalue weighted by Gasteiger charge is -2.32. The Morgan fingerprint density at radius 3 is 2.61 bits per heavy atom. The van der Waals surface area contributed by atoms with E-state index in [9.17, 15) is 14.7 Å². The van der Waals surface area contributed by atoms with E-state index >= 15 is 0 Å². The van der Waals surface area contributed by atoms with Gasteiger partial charge in [0.15, 0.2) is 29.3 Å². The highest BCUT2D eigenvalue weighted by Gasteiger charge is 2.38. The summed E-state index contributed by atoms with van der Waals surface area (Å²) in [5.41, 5.74) is -0.275. The Morgan fingerprint density at radius 2 is 1.89 bits per heavy atom. The number of amides is 1. The number of carbonyl (C=O) groups excluding carboxylic acids is 2. The standard InChI is InChI=1S/C26H32N2O8/c1-16-24(36-18-8-4-3-5-9-18)21(35-17-10-6-7-11-17)15-33-14-19(26(31)34-16)28-25(30)22-23(29)20(32-2)12-13-27-22/h3-5,8-9,12-13,16-17,19,21,24,29H,6-7,10-11,14-15H2,1-2H3,(H,28,30)/t16-,19-,21-,24-/m0/s1. The van der Waals surface area contributed by atoms with Crippen molar-refractivity contribution in [1.82, 2.24) is 10.3 Å². The van der Waals surface area contributed by atoms with Crippen LogP contribution in [0, 0.1) is 0 Å². The Kier molecular flexibility index (Phi) is 8.61. The van der Waals surface area contributed by atoms with Crippen LogP contribution in [0.3, 0.4) is 0 Å². The molecule has 194 valence electrons. The van der Waals surface area contributed by atoms with Gasteiger partial charge in [0.25, 0.3) is 5.91 Å². The molecule has 2 aromatic rings. The van der Waals surface area contributed by atoms with Crippen molar-refractivity contribution < 1.29 is 38.4 Å². The number of rotatable bonds is 7. The van der Waals surface area contributed by atoms with Crippen LogP contribution in [-0.2, 0) is 19.0 Å². The highest BCUT2D eigenvalue weighted by Crippen LogP contribution is 2.28. The van der Waals surface area contributed by atoms with Crippen LogP contribution in [0.2, 0.25) is 0 Å². The summed E-state index contributed by atoms with van der Waals surface area (Å²) in [4.78, 5) is 29.8. The van der Waals surface area contributed by atoms with Gasteiger partial charge in [-0.05, 0) is 31.9 Å². The Labute approximate surface area is 209 Å². The zero-order valence-corrected chi connectivity index (χ0v) is 20.4. The molecule has 2 fully saturated rings. The average molecular weight is 501 g/mol. The van der Waals surface area contributed by atoms with Gasteiger partial charge in [0.05, 0.1) is 26.4 Å². The molecule has 0 unspecified atom stereocenters. The van der Waals surface area contributed by atoms with Gasteiger partial charge in [0.1, 0.15) is 18.0 Å². The second-order valence-electron chi connectivity index (χ2n) is 8.89. The molecule has 1 aliphatic heterocycles. The first-order chi connectivity index (χ1) is 17.5. The van der Waals surface area contributed by atoms with E-state index < -0.39 is 42.0 Å². The number of aromatic nitrogens is 1. The monoisotopic (exact) mass is 500 g/mol. The van der Waals surface area contributed by atoms with Crippen molar-refractivity contribution in [3.8, 4) is 17.2 Å². The Hall–Kier alpha value is -3.37. The highest BCUT2D eigenvalue weighted by molar-refractivity contribution is 5.98. The maximum absolute atomic E-state index is 13.0. The van der Waals surface area contributed by atoms with Gasteiger partial charge >= 0.3 is 5.97 Å². The number of pyridine rings is 1. The Balaban J connectivity index is 1.51. The van der Waals surface area contributed by atoms with Gasteiger partial charge in [0.2, 0.25) is 0 Å². The molecular weight excluding hydrogens is 468 g/mol. The summed E-state index contributed by atoms with van der Waals surface area (Å²) in [6, 6.07) is 9.54. The first-order valence-electron chi connectivity index (χ1n) is 12.1. The molecule has 0 spiro atoms. The number of methoxy groups -OCH3 is 1. The van der Waals surface area contributed by atoms with Crippen molar-refractivity contribution in [1.29, 1.82) is 0 Å². The number of aromatic hydroxyl groups is 1. The minimum atomic E-state index is -1.13. The molecule has 1 amide bonds. The molecule has 10 nitrogen and oxygen atoms in total. The van der Waals surface area contributed by atoms with E-state index in [1.807, 2.05) is 30.3 Å². The largest absolute Gasteiger partial charge is 0.503 e. The predicted molar refractivity (Wildman–Crippen MR) is 128 cm³/mol. The minimum absolute atomic E-state index is 0.0849. The minimum Gasteiger partial charge on any atom is -0.503 e. The maximum atomic E-state index is 13.0. The van der Waals surface area contributed by atoms with Crippen molar-refractivity contribution in [2.45, 2.75) is 63.1 Å². The molecular formula is C26H32N2O8. The predicted octanol–water partition coefficient (Wildman–Crippen LogP) is 2.63. The molecule has 0 bridgehead atoms. The fourth-order valence-corrected chi connectivity index (χ4v) is 4.41. The number of nitrogens with one attached hydrogen (secondary N) is 1. The number of para-hydroxylation sites is 1. The van der Waals surface area contributed by atoms with Crippen LogP contribution >= 0.6 is 0 Å². The molecule has 1 aromatic carbocycles. The summed E-state index contributed by atoms with van der Waals surface area (Å²) in [5, 5.41) is 12.8. The molecule has 1 saturated carbocycles.